The molecule has 1 aliphatic rings. The molecular weight excluding hydrogens is 264 g/mol. The summed E-state index contributed by atoms with van der Waals surface area (Å²) in [5.41, 5.74) is 0. The Kier molecular flexibility index (Phi) is 7.00. The normalized spacial score (nSPS) is 15.9. The molecule has 3 amide bonds. The number of nitrogens with one attached hydrogen (secondary N) is 1. The minimum absolute atomic E-state index is 0.426. The van der Waals surface area contributed by atoms with Crippen LogP contribution in [0, 0.1) is 5.92 Å². The van der Waals surface area contributed by atoms with Crippen LogP contribution in [0.5, 0.6) is 0 Å². The number of carbonyl (C=O) groups is 3. The minimum atomic E-state index is -1.15. The molecule has 0 spiro atoms. The zero-order chi connectivity index (χ0) is 15.0. The Morgan fingerprint density at radius 2 is 1.90 bits per heavy atom. The van der Waals surface area contributed by atoms with E-state index in [1.165, 1.54) is 6.42 Å². The predicted octanol–water partition coefficient (Wildman–Crippen LogP) is 0.836. The molecule has 1 rings (SSSR count). The summed E-state index contributed by atoms with van der Waals surface area (Å²) in [5.74, 6) is -1.10. The van der Waals surface area contributed by atoms with Gasteiger partial charge in [-0.1, -0.05) is 19.8 Å². The van der Waals surface area contributed by atoms with Crippen molar-refractivity contribution in [2.75, 3.05) is 26.3 Å². The van der Waals surface area contributed by atoms with E-state index in [-0.39, 0.29) is 0 Å². The van der Waals surface area contributed by atoms with Crippen LogP contribution in [0.3, 0.4) is 0 Å². The van der Waals surface area contributed by atoms with E-state index in [1.54, 1.807) is 4.90 Å². The highest BCUT2D eigenvalue weighted by molar-refractivity contribution is 5.95. The maximum Gasteiger partial charge on any atom is 0.329 e. The molecule has 0 radical (unpaired) electrons. The largest absolute Gasteiger partial charge is 0.480 e. The summed E-state index contributed by atoms with van der Waals surface area (Å²) in [6.07, 6.45) is 4.25. The first-order valence-electron chi connectivity index (χ1n) is 6.91. The molecule has 1 saturated heterocycles. The van der Waals surface area contributed by atoms with Gasteiger partial charge in [-0.25, -0.2) is 9.59 Å². The monoisotopic (exact) mass is 286 g/mol. The number of hydrogen-bond donors (Lipinski definition) is 2. The highest BCUT2D eigenvalue weighted by atomic mass is 16.5. The number of carboxylic acid groups (broad SMARTS) is 1. The second-order valence-electron chi connectivity index (χ2n) is 4.96. The molecule has 0 aromatic rings. The molecule has 0 aliphatic carbocycles. The fourth-order valence-electron chi connectivity index (χ4n) is 2.30. The summed E-state index contributed by atoms with van der Waals surface area (Å²) >= 11 is 0. The van der Waals surface area contributed by atoms with E-state index in [9.17, 15) is 14.4 Å². The van der Waals surface area contributed by atoms with Gasteiger partial charge in [0.2, 0.25) is 0 Å². The zero-order valence-corrected chi connectivity index (χ0v) is 11.8. The highest BCUT2D eigenvalue weighted by Crippen LogP contribution is 2.21. The number of carboxylic acids is 1. The van der Waals surface area contributed by atoms with Crippen LogP contribution in [-0.4, -0.2) is 54.2 Å². The van der Waals surface area contributed by atoms with Gasteiger partial charge >= 0.3 is 12.0 Å². The quantitative estimate of drug-likeness (QED) is 0.754. The van der Waals surface area contributed by atoms with Crippen molar-refractivity contribution in [3.8, 4) is 0 Å². The van der Waals surface area contributed by atoms with Crippen molar-refractivity contribution >= 4 is 17.9 Å². The predicted molar refractivity (Wildman–Crippen MR) is 71.2 cm³/mol. The molecule has 114 valence electrons. The number of rotatable bonds is 6. The maximum atomic E-state index is 11.8. The summed E-state index contributed by atoms with van der Waals surface area (Å²) in [6, 6.07) is -0.427. The van der Waals surface area contributed by atoms with E-state index in [4.69, 9.17) is 5.11 Å². The average Bonchev–Trinajstić information content (AvgIpc) is 2.39. The first-order chi connectivity index (χ1) is 9.52. The van der Waals surface area contributed by atoms with Crippen LogP contribution in [-0.2, 0) is 14.3 Å². The Bertz CT molecular complexity index is 351. The number of carbonyl (C=O) groups excluding carboxylic acids is 2. The number of imide groups is 1. The van der Waals surface area contributed by atoms with Crippen molar-refractivity contribution in [2.45, 2.75) is 32.6 Å². The summed E-state index contributed by atoms with van der Waals surface area (Å²) in [4.78, 5) is 35.0. The molecule has 1 heterocycles. The van der Waals surface area contributed by atoms with Gasteiger partial charge in [0.25, 0.3) is 5.91 Å². The smallest absolute Gasteiger partial charge is 0.329 e. The van der Waals surface area contributed by atoms with Crippen LogP contribution in [0.4, 0.5) is 4.79 Å². The molecule has 0 saturated carbocycles. The molecule has 2 N–H and O–H groups in total. The van der Waals surface area contributed by atoms with Crippen molar-refractivity contribution in [3.05, 3.63) is 0 Å². The molecule has 1 aliphatic heterocycles. The van der Waals surface area contributed by atoms with Crippen molar-refractivity contribution in [1.82, 2.24) is 10.2 Å². The molecule has 0 aromatic carbocycles. The lowest BCUT2D eigenvalue weighted by molar-refractivity contribution is -0.143. The Morgan fingerprint density at radius 1 is 1.25 bits per heavy atom. The standard InChI is InChI=1S/C13H22N2O5/c1-2-3-10-4-6-15(7-5-10)13(19)14-11(16)8-20-9-12(17)18/h10H,2-9H2,1H3,(H,17,18)(H,14,16,19). The van der Waals surface area contributed by atoms with Gasteiger partial charge in [0.1, 0.15) is 13.2 Å². The lowest BCUT2D eigenvalue weighted by atomic mass is 9.93. The van der Waals surface area contributed by atoms with Crippen molar-refractivity contribution in [3.63, 3.8) is 0 Å². The molecular formula is C13H22N2O5. The second kappa shape index (κ2) is 8.52. The second-order valence-corrected chi connectivity index (χ2v) is 4.96. The molecule has 0 bridgehead atoms. The minimum Gasteiger partial charge on any atom is -0.480 e. The Morgan fingerprint density at radius 3 is 2.45 bits per heavy atom. The van der Waals surface area contributed by atoms with Crippen LogP contribution >= 0.6 is 0 Å². The highest BCUT2D eigenvalue weighted by Gasteiger charge is 2.23. The first kappa shape index (κ1) is 16.4. The number of urea groups is 1. The fraction of sp³-hybridized carbons (Fsp3) is 0.769. The molecule has 1 fully saturated rings. The third kappa shape index (κ3) is 6.01. The topological polar surface area (TPSA) is 95.9 Å². The summed E-state index contributed by atoms with van der Waals surface area (Å²) in [5, 5.41) is 10.5. The van der Waals surface area contributed by atoms with Gasteiger partial charge in [0.15, 0.2) is 0 Å². The van der Waals surface area contributed by atoms with Crippen molar-refractivity contribution in [2.24, 2.45) is 5.92 Å². The number of nitrogens with zero attached hydrogens (tertiary/aromatic N) is 1. The van der Waals surface area contributed by atoms with Gasteiger partial charge in [-0.15, -0.1) is 0 Å². The summed E-state index contributed by atoms with van der Waals surface area (Å²) in [6.45, 7) is 2.47. The van der Waals surface area contributed by atoms with E-state index in [2.05, 4.69) is 17.0 Å². The van der Waals surface area contributed by atoms with Crippen LogP contribution in [0.15, 0.2) is 0 Å². The van der Waals surface area contributed by atoms with E-state index in [0.717, 1.165) is 19.3 Å². The zero-order valence-electron chi connectivity index (χ0n) is 11.8. The van der Waals surface area contributed by atoms with Gasteiger partial charge in [0, 0.05) is 13.1 Å². The summed E-state index contributed by atoms with van der Waals surface area (Å²) < 4.78 is 4.61. The van der Waals surface area contributed by atoms with E-state index < -0.39 is 31.1 Å². The van der Waals surface area contributed by atoms with Crippen LogP contribution < -0.4 is 5.32 Å². The molecule has 0 atom stereocenters. The number of aliphatic carboxylic acids is 1. The van der Waals surface area contributed by atoms with Gasteiger partial charge in [0.05, 0.1) is 0 Å². The fourth-order valence-corrected chi connectivity index (χ4v) is 2.30. The van der Waals surface area contributed by atoms with Crippen molar-refractivity contribution < 1.29 is 24.2 Å². The Hall–Kier alpha value is -1.63. The lowest BCUT2D eigenvalue weighted by Gasteiger charge is -2.31. The molecule has 0 unspecified atom stereocenters. The van der Waals surface area contributed by atoms with Gasteiger partial charge in [-0.05, 0) is 18.8 Å². The van der Waals surface area contributed by atoms with Crippen LogP contribution in [0.1, 0.15) is 32.6 Å². The molecule has 0 aromatic heterocycles. The number of ether oxygens (including phenoxy) is 1. The number of piperidine rings is 1. The van der Waals surface area contributed by atoms with E-state index >= 15 is 0 Å². The van der Waals surface area contributed by atoms with E-state index in [0.29, 0.717) is 19.0 Å². The number of hydrogen-bond acceptors (Lipinski definition) is 4. The van der Waals surface area contributed by atoms with Crippen LogP contribution in [0.25, 0.3) is 0 Å². The van der Waals surface area contributed by atoms with Gasteiger partial charge < -0.3 is 14.7 Å². The first-order valence-corrected chi connectivity index (χ1v) is 6.91. The van der Waals surface area contributed by atoms with Gasteiger partial charge in [-0.3, -0.25) is 10.1 Å². The Labute approximate surface area is 118 Å². The van der Waals surface area contributed by atoms with Crippen LogP contribution in [0.2, 0.25) is 0 Å². The SMILES string of the molecule is CCCC1CCN(C(=O)NC(=O)COCC(=O)O)CC1. The van der Waals surface area contributed by atoms with Gasteiger partial charge in [-0.2, -0.15) is 0 Å². The maximum absolute atomic E-state index is 11.8. The molecule has 7 nitrogen and oxygen atoms in total. The molecule has 7 heteroatoms. The third-order valence-corrected chi connectivity index (χ3v) is 3.30. The van der Waals surface area contributed by atoms with E-state index in [1.807, 2.05) is 0 Å². The lowest BCUT2D eigenvalue weighted by Crippen LogP contribution is -2.47. The number of likely N-dealkylation sites (tertiary alicyclic amines) is 1. The number of amides is 3. The molecule has 20 heavy (non-hydrogen) atoms. The Balaban J connectivity index is 2.22. The summed E-state index contributed by atoms with van der Waals surface area (Å²) in [7, 11) is 0. The van der Waals surface area contributed by atoms with Crippen molar-refractivity contribution in [1.29, 1.82) is 0 Å². The third-order valence-electron chi connectivity index (χ3n) is 3.30. The average molecular weight is 286 g/mol.